The maximum absolute atomic E-state index is 5.86. The third kappa shape index (κ3) is 2.25. The van der Waals surface area contributed by atoms with Gasteiger partial charge in [-0.15, -0.1) is 0 Å². The molecule has 0 saturated heterocycles. The molecule has 1 aromatic rings. The average molecular weight is 235 g/mol. The molecule has 0 aromatic heterocycles. The molecule has 0 radical (unpaired) electrons. The van der Waals surface area contributed by atoms with E-state index in [0.29, 0.717) is 11.8 Å². The van der Waals surface area contributed by atoms with E-state index in [2.05, 4.69) is 0 Å². The second-order valence-electron chi connectivity index (χ2n) is 4.61. The summed E-state index contributed by atoms with van der Waals surface area (Å²) in [6.07, 6.45) is 3.63. The van der Waals surface area contributed by atoms with Crippen molar-refractivity contribution in [3.8, 4) is 11.5 Å². The van der Waals surface area contributed by atoms with Gasteiger partial charge in [0.25, 0.3) is 0 Å². The van der Waals surface area contributed by atoms with Crippen LogP contribution in [0.4, 0.5) is 0 Å². The van der Waals surface area contributed by atoms with Gasteiger partial charge < -0.3 is 15.2 Å². The third-order valence-electron chi connectivity index (χ3n) is 3.80. The number of hydrogen-bond acceptors (Lipinski definition) is 3. The molecule has 94 valence electrons. The molecule has 2 N–H and O–H groups in total. The van der Waals surface area contributed by atoms with E-state index >= 15 is 0 Å². The molecule has 17 heavy (non-hydrogen) atoms. The minimum atomic E-state index is 0.478. The standard InChI is InChI=1S/C14H21NO2/c1-16-12-7-4-8-13(17-2)14(12)11-6-3-5-10(11)9-15/h4,7-8,10-11H,3,5-6,9,15H2,1-2H3. The lowest BCUT2D eigenvalue weighted by Crippen LogP contribution is -2.18. The largest absolute Gasteiger partial charge is 0.496 e. The van der Waals surface area contributed by atoms with Crippen molar-refractivity contribution in [1.82, 2.24) is 0 Å². The molecule has 2 unspecified atom stereocenters. The summed E-state index contributed by atoms with van der Waals surface area (Å²) < 4.78 is 10.9. The van der Waals surface area contributed by atoms with Crippen molar-refractivity contribution in [3.05, 3.63) is 23.8 Å². The Bertz CT molecular complexity index is 356. The van der Waals surface area contributed by atoms with Gasteiger partial charge >= 0.3 is 0 Å². The quantitative estimate of drug-likeness (QED) is 0.872. The van der Waals surface area contributed by atoms with Crippen molar-refractivity contribution in [2.24, 2.45) is 11.7 Å². The summed E-state index contributed by atoms with van der Waals surface area (Å²) in [5, 5.41) is 0. The van der Waals surface area contributed by atoms with Gasteiger partial charge in [-0.05, 0) is 43.4 Å². The molecule has 1 saturated carbocycles. The van der Waals surface area contributed by atoms with Crippen LogP contribution < -0.4 is 15.2 Å². The van der Waals surface area contributed by atoms with Gasteiger partial charge in [0.15, 0.2) is 0 Å². The molecule has 2 atom stereocenters. The number of nitrogens with two attached hydrogens (primary N) is 1. The highest BCUT2D eigenvalue weighted by Crippen LogP contribution is 2.46. The summed E-state index contributed by atoms with van der Waals surface area (Å²) in [6, 6.07) is 5.97. The molecular weight excluding hydrogens is 214 g/mol. The highest BCUT2D eigenvalue weighted by Gasteiger charge is 2.31. The highest BCUT2D eigenvalue weighted by atomic mass is 16.5. The summed E-state index contributed by atoms with van der Waals surface area (Å²) in [6.45, 7) is 0.742. The van der Waals surface area contributed by atoms with E-state index in [1.807, 2.05) is 18.2 Å². The highest BCUT2D eigenvalue weighted by molar-refractivity contribution is 5.48. The van der Waals surface area contributed by atoms with Gasteiger partial charge in [0, 0.05) is 5.56 Å². The maximum atomic E-state index is 5.86. The Hall–Kier alpha value is -1.22. The van der Waals surface area contributed by atoms with Gasteiger partial charge in [-0.1, -0.05) is 12.5 Å². The first-order valence-corrected chi connectivity index (χ1v) is 6.22. The Morgan fingerprint density at radius 3 is 2.35 bits per heavy atom. The van der Waals surface area contributed by atoms with Gasteiger partial charge in [-0.3, -0.25) is 0 Å². The predicted octanol–water partition coefficient (Wildman–Crippen LogP) is 2.55. The number of methoxy groups -OCH3 is 2. The predicted molar refractivity (Wildman–Crippen MR) is 68.7 cm³/mol. The van der Waals surface area contributed by atoms with E-state index in [1.54, 1.807) is 14.2 Å². The first-order chi connectivity index (χ1) is 8.31. The van der Waals surface area contributed by atoms with Crippen LogP contribution in [0.15, 0.2) is 18.2 Å². The van der Waals surface area contributed by atoms with Gasteiger partial charge in [-0.2, -0.15) is 0 Å². The van der Waals surface area contributed by atoms with Crippen LogP contribution >= 0.6 is 0 Å². The number of benzene rings is 1. The Morgan fingerprint density at radius 2 is 1.82 bits per heavy atom. The Balaban J connectivity index is 2.41. The Labute approximate surface area is 103 Å². The molecule has 0 aliphatic heterocycles. The monoisotopic (exact) mass is 235 g/mol. The number of ether oxygens (including phenoxy) is 2. The fourth-order valence-electron chi connectivity index (χ4n) is 2.94. The van der Waals surface area contributed by atoms with E-state index < -0.39 is 0 Å². The summed E-state index contributed by atoms with van der Waals surface area (Å²) in [5.41, 5.74) is 7.06. The minimum absolute atomic E-state index is 0.478. The average Bonchev–Trinajstić information content (AvgIpc) is 2.85. The molecule has 1 aliphatic rings. The van der Waals surface area contributed by atoms with Crippen LogP contribution in [-0.2, 0) is 0 Å². The van der Waals surface area contributed by atoms with Crippen LogP contribution in [0.1, 0.15) is 30.7 Å². The molecule has 0 spiro atoms. The van der Waals surface area contributed by atoms with Crippen LogP contribution in [0, 0.1) is 5.92 Å². The van der Waals surface area contributed by atoms with Gasteiger partial charge in [-0.25, -0.2) is 0 Å². The Kier molecular flexibility index (Phi) is 3.89. The van der Waals surface area contributed by atoms with Crippen molar-refractivity contribution in [3.63, 3.8) is 0 Å². The number of rotatable bonds is 4. The van der Waals surface area contributed by atoms with E-state index in [4.69, 9.17) is 15.2 Å². The molecular formula is C14H21NO2. The third-order valence-corrected chi connectivity index (χ3v) is 3.80. The van der Waals surface area contributed by atoms with Crippen molar-refractivity contribution in [2.75, 3.05) is 20.8 Å². The van der Waals surface area contributed by atoms with E-state index in [9.17, 15) is 0 Å². The zero-order valence-corrected chi connectivity index (χ0v) is 10.6. The molecule has 0 bridgehead atoms. The zero-order chi connectivity index (χ0) is 12.3. The lowest BCUT2D eigenvalue weighted by Gasteiger charge is -2.23. The van der Waals surface area contributed by atoms with Crippen LogP contribution in [0.2, 0.25) is 0 Å². The minimum Gasteiger partial charge on any atom is -0.496 e. The van der Waals surface area contributed by atoms with Gasteiger partial charge in [0.1, 0.15) is 11.5 Å². The normalized spacial score (nSPS) is 23.7. The fourth-order valence-corrected chi connectivity index (χ4v) is 2.94. The molecule has 2 rings (SSSR count). The van der Waals surface area contributed by atoms with Crippen molar-refractivity contribution < 1.29 is 9.47 Å². The summed E-state index contributed by atoms with van der Waals surface area (Å²) in [5.74, 6) is 2.88. The second kappa shape index (κ2) is 5.41. The SMILES string of the molecule is COc1cccc(OC)c1C1CCCC1CN. The summed E-state index contributed by atoms with van der Waals surface area (Å²) in [4.78, 5) is 0. The van der Waals surface area contributed by atoms with Crippen LogP contribution in [0.25, 0.3) is 0 Å². The first-order valence-electron chi connectivity index (χ1n) is 6.22. The van der Waals surface area contributed by atoms with Crippen molar-refractivity contribution in [2.45, 2.75) is 25.2 Å². The lowest BCUT2D eigenvalue weighted by atomic mass is 9.87. The molecule has 0 heterocycles. The lowest BCUT2D eigenvalue weighted by molar-refractivity contribution is 0.367. The fraction of sp³-hybridized carbons (Fsp3) is 0.571. The summed E-state index contributed by atoms with van der Waals surface area (Å²) in [7, 11) is 3.43. The second-order valence-corrected chi connectivity index (χ2v) is 4.61. The van der Waals surface area contributed by atoms with E-state index in [0.717, 1.165) is 18.0 Å². The van der Waals surface area contributed by atoms with E-state index in [-0.39, 0.29) is 0 Å². The molecule has 3 nitrogen and oxygen atoms in total. The number of hydrogen-bond donors (Lipinski definition) is 1. The van der Waals surface area contributed by atoms with Gasteiger partial charge in [0.2, 0.25) is 0 Å². The van der Waals surface area contributed by atoms with Crippen molar-refractivity contribution in [1.29, 1.82) is 0 Å². The van der Waals surface area contributed by atoms with Gasteiger partial charge in [0.05, 0.1) is 14.2 Å². The Morgan fingerprint density at radius 1 is 1.18 bits per heavy atom. The van der Waals surface area contributed by atoms with Crippen LogP contribution in [-0.4, -0.2) is 20.8 Å². The topological polar surface area (TPSA) is 44.5 Å². The van der Waals surface area contributed by atoms with Crippen LogP contribution in [0.3, 0.4) is 0 Å². The molecule has 0 amide bonds. The molecule has 1 aliphatic carbocycles. The van der Waals surface area contributed by atoms with Crippen LogP contribution in [0.5, 0.6) is 11.5 Å². The smallest absolute Gasteiger partial charge is 0.126 e. The van der Waals surface area contributed by atoms with Crippen molar-refractivity contribution >= 4 is 0 Å². The maximum Gasteiger partial charge on any atom is 0.126 e. The zero-order valence-electron chi connectivity index (χ0n) is 10.6. The molecule has 1 fully saturated rings. The first kappa shape index (κ1) is 12.2. The van der Waals surface area contributed by atoms with E-state index in [1.165, 1.54) is 24.8 Å². The molecule has 3 heteroatoms. The summed E-state index contributed by atoms with van der Waals surface area (Å²) >= 11 is 0. The molecule has 1 aromatic carbocycles.